The number of nitrogens with zero attached hydrogens (tertiary/aromatic N) is 5. The van der Waals surface area contributed by atoms with Crippen molar-refractivity contribution in [3.8, 4) is 0 Å². The Bertz CT molecular complexity index is 590. The lowest BCUT2D eigenvalue weighted by Gasteiger charge is -2.43. The summed E-state index contributed by atoms with van der Waals surface area (Å²) >= 11 is 0. The molecule has 1 atom stereocenters. The van der Waals surface area contributed by atoms with Crippen LogP contribution in [0.15, 0.2) is 37.1 Å². The van der Waals surface area contributed by atoms with Gasteiger partial charge in [-0.1, -0.05) is 13.0 Å². The molecule has 0 unspecified atom stereocenters. The fourth-order valence-corrected chi connectivity index (χ4v) is 3.41. The van der Waals surface area contributed by atoms with Crippen molar-refractivity contribution in [1.29, 1.82) is 0 Å². The van der Waals surface area contributed by atoms with Crippen LogP contribution in [0.25, 0.3) is 0 Å². The molecule has 0 spiro atoms. The van der Waals surface area contributed by atoms with Crippen molar-refractivity contribution < 1.29 is 0 Å². The van der Waals surface area contributed by atoms with Crippen molar-refractivity contribution in [2.45, 2.75) is 45.8 Å². The van der Waals surface area contributed by atoms with E-state index in [2.05, 4.69) is 52.3 Å². The molecule has 2 aromatic heterocycles. The van der Waals surface area contributed by atoms with Gasteiger partial charge in [-0.25, -0.2) is 9.97 Å². The van der Waals surface area contributed by atoms with E-state index in [9.17, 15) is 0 Å². The van der Waals surface area contributed by atoms with E-state index in [1.54, 1.807) is 6.20 Å². The molecule has 0 aromatic carbocycles. The van der Waals surface area contributed by atoms with Gasteiger partial charge in [-0.2, -0.15) is 0 Å². The highest BCUT2D eigenvalue weighted by molar-refractivity contribution is 5.40. The number of hydrogen-bond donors (Lipinski definition) is 0. The van der Waals surface area contributed by atoms with Crippen molar-refractivity contribution in [1.82, 2.24) is 19.4 Å². The monoisotopic (exact) mass is 313 g/mol. The maximum absolute atomic E-state index is 4.70. The van der Waals surface area contributed by atoms with Crippen molar-refractivity contribution in [3.05, 3.63) is 42.6 Å². The second-order valence-electron chi connectivity index (χ2n) is 6.60. The quantitative estimate of drug-likeness (QED) is 0.850. The first-order chi connectivity index (χ1) is 11.2. The van der Waals surface area contributed by atoms with Crippen LogP contribution in [0.2, 0.25) is 0 Å². The van der Waals surface area contributed by atoms with Crippen LogP contribution in [0, 0.1) is 0 Å². The minimum atomic E-state index is 0.618. The third-order valence-electron chi connectivity index (χ3n) is 4.72. The van der Waals surface area contributed by atoms with E-state index in [0.717, 1.165) is 32.0 Å². The maximum atomic E-state index is 4.70. The van der Waals surface area contributed by atoms with Crippen LogP contribution < -0.4 is 4.90 Å². The summed E-state index contributed by atoms with van der Waals surface area (Å²) in [6.07, 6.45) is 8.80. The number of hydrogen-bond acceptors (Lipinski definition) is 4. The first kappa shape index (κ1) is 16.0. The average molecular weight is 313 g/mol. The third kappa shape index (κ3) is 3.72. The van der Waals surface area contributed by atoms with Crippen molar-refractivity contribution in [2.75, 3.05) is 24.5 Å². The number of rotatable bonds is 5. The zero-order chi connectivity index (χ0) is 16.2. The maximum Gasteiger partial charge on any atom is 0.128 e. The summed E-state index contributed by atoms with van der Waals surface area (Å²) in [4.78, 5) is 13.8. The van der Waals surface area contributed by atoms with Gasteiger partial charge in [0, 0.05) is 56.9 Å². The van der Waals surface area contributed by atoms with Crippen LogP contribution in [0.4, 0.5) is 5.82 Å². The first-order valence-electron chi connectivity index (χ1n) is 8.58. The summed E-state index contributed by atoms with van der Waals surface area (Å²) in [5.41, 5.74) is 1.21. The molecule has 5 heteroatoms. The fourth-order valence-electron chi connectivity index (χ4n) is 3.41. The van der Waals surface area contributed by atoms with Gasteiger partial charge in [0.1, 0.15) is 5.82 Å². The van der Waals surface area contributed by atoms with Gasteiger partial charge in [0.05, 0.1) is 6.33 Å². The predicted molar refractivity (Wildman–Crippen MR) is 93.7 cm³/mol. The van der Waals surface area contributed by atoms with Crippen molar-refractivity contribution >= 4 is 5.82 Å². The van der Waals surface area contributed by atoms with Crippen LogP contribution in [0.3, 0.4) is 0 Å². The van der Waals surface area contributed by atoms with Crippen LogP contribution >= 0.6 is 0 Å². The zero-order valence-electron chi connectivity index (χ0n) is 14.4. The molecule has 124 valence electrons. The molecule has 3 rings (SSSR count). The minimum Gasteiger partial charge on any atom is -0.354 e. The van der Waals surface area contributed by atoms with E-state index in [0.29, 0.717) is 12.1 Å². The summed E-state index contributed by atoms with van der Waals surface area (Å²) in [5.74, 6) is 1.10. The van der Waals surface area contributed by atoms with Gasteiger partial charge in [0.15, 0.2) is 0 Å². The van der Waals surface area contributed by atoms with Gasteiger partial charge in [0.25, 0.3) is 0 Å². The van der Waals surface area contributed by atoms with Gasteiger partial charge in [-0.05, 0) is 31.9 Å². The summed E-state index contributed by atoms with van der Waals surface area (Å²) in [6, 6.07) is 5.58. The molecule has 0 radical (unpaired) electrons. The average Bonchev–Trinajstić information content (AvgIpc) is 3.08. The Morgan fingerprint density at radius 3 is 2.74 bits per heavy atom. The molecule has 1 aliphatic heterocycles. The van der Waals surface area contributed by atoms with Crippen molar-refractivity contribution in [2.24, 2.45) is 0 Å². The highest BCUT2D eigenvalue weighted by Gasteiger charge is 2.27. The fraction of sp³-hybridized carbons (Fsp3) is 0.556. The normalized spacial score (nSPS) is 19.5. The van der Waals surface area contributed by atoms with Crippen LogP contribution in [-0.2, 0) is 6.54 Å². The molecular formula is C18H27N5. The van der Waals surface area contributed by atoms with Gasteiger partial charge >= 0.3 is 0 Å². The van der Waals surface area contributed by atoms with E-state index in [1.165, 1.54) is 12.0 Å². The number of aromatic nitrogens is 3. The second-order valence-corrected chi connectivity index (χ2v) is 6.60. The summed E-state index contributed by atoms with van der Waals surface area (Å²) in [5, 5.41) is 0. The first-order valence-corrected chi connectivity index (χ1v) is 8.58. The molecule has 1 fully saturated rings. The number of anilines is 1. The van der Waals surface area contributed by atoms with Crippen LogP contribution in [0.5, 0.6) is 0 Å². The van der Waals surface area contributed by atoms with Gasteiger partial charge in [0.2, 0.25) is 0 Å². The minimum absolute atomic E-state index is 0.618. The number of pyridine rings is 1. The molecule has 0 amide bonds. The van der Waals surface area contributed by atoms with Crippen molar-refractivity contribution in [3.63, 3.8) is 0 Å². The molecular weight excluding hydrogens is 286 g/mol. The molecule has 2 aromatic rings. The van der Waals surface area contributed by atoms with Crippen LogP contribution in [-0.4, -0.2) is 51.2 Å². The Morgan fingerprint density at radius 2 is 2.13 bits per heavy atom. The standard InChI is InChI=1S/C18H27N5/c1-4-17-13-22(9-10-23(17)15(2)3)18-6-5-16(11-20-18)12-21-8-7-19-14-21/h5-8,11,14-15,17H,4,9-10,12-13H2,1-3H3/t17-/m1/s1. The number of imidazole rings is 1. The Morgan fingerprint density at radius 1 is 1.26 bits per heavy atom. The highest BCUT2D eigenvalue weighted by atomic mass is 15.3. The molecule has 23 heavy (non-hydrogen) atoms. The third-order valence-corrected chi connectivity index (χ3v) is 4.72. The topological polar surface area (TPSA) is 37.2 Å². The van der Waals surface area contributed by atoms with E-state index in [4.69, 9.17) is 4.98 Å². The lowest BCUT2D eigenvalue weighted by molar-refractivity contribution is 0.133. The Kier molecular flexibility index (Phi) is 4.96. The molecule has 5 nitrogen and oxygen atoms in total. The summed E-state index contributed by atoms with van der Waals surface area (Å²) in [6.45, 7) is 10.9. The Labute approximate surface area is 139 Å². The lowest BCUT2D eigenvalue weighted by Crippen LogP contribution is -2.55. The van der Waals surface area contributed by atoms with Gasteiger partial charge in [-0.3, -0.25) is 4.90 Å². The molecule has 0 bridgehead atoms. The van der Waals surface area contributed by atoms with Crippen LogP contribution in [0.1, 0.15) is 32.8 Å². The highest BCUT2D eigenvalue weighted by Crippen LogP contribution is 2.20. The molecule has 0 aliphatic carbocycles. The Hall–Kier alpha value is -1.88. The summed E-state index contributed by atoms with van der Waals surface area (Å²) < 4.78 is 2.06. The smallest absolute Gasteiger partial charge is 0.128 e. The number of piperazine rings is 1. The molecule has 0 N–H and O–H groups in total. The SMILES string of the molecule is CC[C@@H]1CN(c2ccc(Cn3ccnc3)cn2)CCN1C(C)C. The summed E-state index contributed by atoms with van der Waals surface area (Å²) in [7, 11) is 0. The lowest BCUT2D eigenvalue weighted by atomic mass is 10.1. The van der Waals surface area contributed by atoms with E-state index >= 15 is 0 Å². The predicted octanol–water partition coefficient (Wildman–Crippen LogP) is 2.64. The molecule has 0 saturated carbocycles. The zero-order valence-corrected chi connectivity index (χ0v) is 14.4. The van der Waals surface area contributed by atoms with E-state index < -0.39 is 0 Å². The molecule has 3 heterocycles. The second kappa shape index (κ2) is 7.13. The van der Waals surface area contributed by atoms with Gasteiger partial charge < -0.3 is 9.47 Å². The van der Waals surface area contributed by atoms with E-state index in [-0.39, 0.29) is 0 Å². The Balaban J connectivity index is 1.65. The largest absolute Gasteiger partial charge is 0.354 e. The molecule has 1 saturated heterocycles. The molecule has 1 aliphatic rings. The van der Waals surface area contributed by atoms with E-state index in [1.807, 2.05) is 18.7 Å². The van der Waals surface area contributed by atoms with Gasteiger partial charge in [-0.15, -0.1) is 0 Å².